The lowest BCUT2D eigenvalue weighted by Gasteiger charge is -2.14. The van der Waals surface area contributed by atoms with Crippen molar-refractivity contribution in [2.24, 2.45) is 5.73 Å². The van der Waals surface area contributed by atoms with Crippen molar-refractivity contribution in [3.05, 3.63) is 65.0 Å². The number of aryl methyl sites for hydroxylation is 1. The number of hydrogen-bond donors (Lipinski definition) is 1. The van der Waals surface area contributed by atoms with Crippen LogP contribution in [0.5, 0.6) is 0 Å². The van der Waals surface area contributed by atoms with Gasteiger partial charge in [0.05, 0.1) is 0 Å². The van der Waals surface area contributed by atoms with Crippen LogP contribution in [0.2, 0.25) is 0 Å². The molecule has 1 aromatic heterocycles. The average molecular weight is 248 g/mol. The lowest BCUT2D eigenvalue weighted by atomic mass is 10.00. The zero-order valence-electron chi connectivity index (χ0n) is 10.0. The van der Waals surface area contributed by atoms with Gasteiger partial charge in [0.1, 0.15) is 11.6 Å². The molecule has 0 saturated carbocycles. The molecule has 18 heavy (non-hydrogen) atoms. The molecule has 0 aliphatic carbocycles. The van der Waals surface area contributed by atoms with Crippen LogP contribution in [0.15, 0.2) is 36.5 Å². The zero-order valence-corrected chi connectivity index (χ0v) is 10.0. The first-order chi connectivity index (χ1) is 8.58. The maximum absolute atomic E-state index is 13.6. The molecule has 0 bridgehead atoms. The Morgan fingerprint density at radius 1 is 1.28 bits per heavy atom. The monoisotopic (exact) mass is 248 g/mol. The largest absolute Gasteiger partial charge is 0.324 e. The second-order valence-corrected chi connectivity index (χ2v) is 4.24. The zero-order chi connectivity index (χ0) is 13.1. The van der Waals surface area contributed by atoms with E-state index in [0.29, 0.717) is 6.42 Å². The van der Waals surface area contributed by atoms with E-state index in [0.717, 1.165) is 29.5 Å². The SMILES string of the molecule is Cc1cccnc1CC(N)c1cc(F)ccc1F. The molecular formula is C14H14F2N2. The van der Waals surface area contributed by atoms with Crippen LogP contribution in [0.25, 0.3) is 0 Å². The van der Waals surface area contributed by atoms with Gasteiger partial charge < -0.3 is 5.73 Å². The molecular weight excluding hydrogens is 234 g/mol. The van der Waals surface area contributed by atoms with E-state index in [1.165, 1.54) is 0 Å². The number of nitrogens with zero attached hydrogens (tertiary/aromatic N) is 1. The number of nitrogens with two attached hydrogens (primary N) is 1. The first kappa shape index (κ1) is 12.6. The normalized spacial score (nSPS) is 12.4. The maximum Gasteiger partial charge on any atom is 0.128 e. The summed E-state index contributed by atoms with van der Waals surface area (Å²) >= 11 is 0. The molecule has 2 nitrogen and oxygen atoms in total. The van der Waals surface area contributed by atoms with E-state index < -0.39 is 17.7 Å². The Kier molecular flexibility index (Phi) is 3.67. The van der Waals surface area contributed by atoms with Gasteiger partial charge in [-0.1, -0.05) is 6.07 Å². The second kappa shape index (κ2) is 5.23. The van der Waals surface area contributed by atoms with Gasteiger partial charge in [-0.3, -0.25) is 4.98 Å². The lowest BCUT2D eigenvalue weighted by molar-refractivity contribution is 0.559. The number of hydrogen-bond acceptors (Lipinski definition) is 2. The topological polar surface area (TPSA) is 38.9 Å². The minimum atomic E-state index is -0.603. The van der Waals surface area contributed by atoms with Gasteiger partial charge in [-0.05, 0) is 36.8 Å². The summed E-state index contributed by atoms with van der Waals surface area (Å²) in [5.41, 5.74) is 7.89. The van der Waals surface area contributed by atoms with Gasteiger partial charge in [0.15, 0.2) is 0 Å². The summed E-state index contributed by atoms with van der Waals surface area (Å²) in [5.74, 6) is -0.975. The Balaban J connectivity index is 2.25. The summed E-state index contributed by atoms with van der Waals surface area (Å²) in [6, 6.07) is 6.45. The molecule has 0 spiro atoms. The van der Waals surface area contributed by atoms with E-state index >= 15 is 0 Å². The number of rotatable bonds is 3. The van der Waals surface area contributed by atoms with E-state index in [4.69, 9.17) is 5.73 Å². The van der Waals surface area contributed by atoms with Gasteiger partial charge in [0.2, 0.25) is 0 Å². The Morgan fingerprint density at radius 3 is 2.78 bits per heavy atom. The van der Waals surface area contributed by atoms with Gasteiger partial charge in [-0.15, -0.1) is 0 Å². The predicted octanol–water partition coefficient (Wildman–Crippen LogP) is 2.91. The first-order valence-corrected chi connectivity index (χ1v) is 5.69. The molecule has 94 valence electrons. The van der Waals surface area contributed by atoms with E-state index in [2.05, 4.69) is 4.98 Å². The Bertz CT molecular complexity index is 555. The number of aromatic nitrogens is 1. The van der Waals surface area contributed by atoms with Crippen LogP contribution >= 0.6 is 0 Å². The minimum absolute atomic E-state index is 0.181. The molecule has 0 radical (unpaired) electrons. The maximum atomic E-state index is 13.6. The number of pyridine rings is 1. The van der Waals surface area contributed by atoms with Crippen LogP contribution in [0.3, 0.4) is 0 Å². The van der Waals surface area contributed by atoms with Crippen molar-refractivity contribution >= 4 is 0 Å². The third kappa shape index (κ3) is 2.71. The van der Waals surface area contributed by atoms with Crippen molar-refractivity contribution in [2.45, 2.75) is 19.4 Å². The number of halogens is 2. The highest BCUT2D eigenvalue weighted by Crippen LogP contribution is 2.20. The fourth-order valence-electron chi connectivity index (χ4n) is 1.85. The smallest absolute Gasteiger partial charge is 0.128 e. The standard InChI is InChI=1S/C14H14F2N2/c1-9-3-2-6-18-14(9)8-13(17)11-7-10(15)4-5-12(11)16/h2-7,13H,8,17H2,1H3. The third-order valence-corrected chi connectivity index (χ3v) is 2.89. The van der Waals surface area contributed by atoms with Crippen LogP contribution in [0.1, 0.15) is 22.9 Å². The van der Waals surface area contributed by atoms with Crippen molar-refractivity contribution in [1.82, 2.24) is 4.98 Å². The third-order valence-electron chi connectivity index (χ3n) is 2.89. The summed E-state index contributed by atoms with van der Waals surface area (Å²) in [6.07, 6.45) is 2.05. The van der Waals surface area contributed by atoms with E-state index in [1.54, 1.807) is 6.20 Å². The highest BCUT2D eigenvalue weighted by molar-refractivity contribution is 5.26. The molecule has 2 N–H and O–H groups in total. The summed E-state index contributed by atoms with van der Waals surface area (Å²) in [7, 11) is 0. The summed E-state index contributed by atoms with van der Waals surface area (Å²) in [4.78, 5) is 4.20. The van der Waals surface area contributed by atoms with Crippen molar-refractivity contribution in [3.8, 4) is 0 Å². The van der Waals surface area contributed by atoms with E-state index in [1.807, 2.05) is 19.1 Å². The molecule has 0 aliphatic heterocycles. The van der Waals surface area contributed by atoms with Crippen molar-refractivity contribution < 1.29 is 8.78 Å². The fourth-order valence-corrected chi connectivity index (χ4v) is 1.85. The summed E-state index contributed by atoms with van der Waals surface area (Å²) in [6.45, 7) is 1.91. The van der Waals surface area contributed by atoms with Gasteiger partial charge >= 0.3 is 0 Å². The molecule has 2 aromatic rings. The number of benzene rings is 1. The average Bonchev–Trinajstić information content (AvgIpc) is 2.35. The van der Waals surface area contributed by atoms with E-state index in [9.17, 15) is 8.78 Å². The van der Waals surface area contributed by atoms with Crippen LogP contribution in [0.4, 0.5) is 8.78 Å². The molecule has 1 atom stereocenters. The van der Waals surface area contributed by atoms with Gasteiger partial charge in [0.25, 0.3) is 0 Å². The summed E-state index contributed by atoms with van der Waals surface area (Å²) < 4.78 is 26.6. The molecule has 0 fully saturated rings. The first-order valence-electron chi connectivity index (χ1n) is 5.69. The Labute approximate surface area is 104 Å². The van der Waals surface area contributed by atoms with Crippen molar-refractivity contribution in [1.29, 1.82) is 0 Å². The molecule has 1 aromatic carbocycles. The molecule has 4 heteroatoms. The Morgan fingerprint density at radius 2 is 2.06 bits per heavy atom. The van der Waals surface area contributed by atoms with Crippen LogP contribution < -0.4 is 5.73 Å². The van der Waals surface area contributed by atoms with Crippen molar-refractivity contribution in [2.75, 3.05) is 0 Å². The minimum Gasteiger partial charge on any atom is -0.324 e. The highest BCUT2D eigenvalue weighted by atomic mass is 19.1. The molecule has 1 heterocycles. The molecule has 2 rings (SSSR count). The quantitative estimate of drug-likeness (QED) is 0.907. The molecule has 0 amide bonds. The summed E-state index contributed by atoms with van der Waals surface area (Å²) in [5, 5.41) is 0. The van der Waals surface area contributed by atoms with Crippen LogP contribution in [-0.2, 0) is 6.42 Å². The van der Waals surface area contributed by atoms with Crippen LogP contribution in [0, 0.1) is 18.6 Å². The van der Waals surface area contributed by atoms with Crippen LogP contribution in [-0.4, -0.2) is 4.98 Å². The van der Waals surface area contributed by atoms with E-state index in [-0.39, 0.29) is 5.56 Å². The molecule has 0 saturated heterocycles. The van der Waals surface area contributed by atoms with Gasteiger partial charge in [-0.25, -0.2) is 8.78 Å². The second-order valence-electron chi connectivity index (χ2n) is 4.24. The fraction of sp³-hybridized carbons (Fsp3) is 0.214. The predicted molar refractivity (Wildman–Crippen MR) is 66.0 cm³/mol. The molecule has 1 unspecified atom stereocenters. The van der Waals surface area contributed by atoms with Gasteiger partial charge in [0, 0.05) is 29.9 Å². The molecule has 0 aliphatic rings. The highest BCUT2D eigenvalue weighted by Gasteiger charge is 2.14. The lowest BCUT2D eigenvalue weighted by Crippen LogP contribution is -2.16. The van der Waals surface area contributed by atoms with Gasteiger partial charge in [-0.2, -0.15) is 0 Å². The Hall–Kier alpha value is -1.81. The van der Waals surface area contributed by atoms with Crippen molar-refractivity contribution in [3.63, 3.8) is 0 Å².